The number of likely N-dealkylation sites (tertiary alicyclic amines) is 1. The van der Waals surface area contributed by atoms with Crippen LogP contribution in [0.3, 0.4) is 0 Å². The van der Waals surface area contributed by atoms with Crippen LogP contribution in [0.25, 0.3) is 0 Å². The third kappa shape index (κ3) is 3.37. The van der Waals surface area contributed by atoms with Crippen molar-refractivity contribution in [3.05, 3.63) is 63.6 Å². The minimum Gasteiger partial charge on any atom is -0.483 e. The van der Waals surface area contributed by atoms with Gasteiger partial charge in [0.2, 0.25) is 0 Å². The molecule has 0 amide bonds. The molecule has 2 aliphatic rings. The summed E-state index contributed by atoms with van der Waals surface area (Å²) in [7, 11) is 0. The van der Waals surface area contributed by atoms with Crippen LogP contribution in [0.2, 0.25) is 0 Å². The number of nitrogens with two attached hydrogens (primary N) is 1. The van der Waals surface area contributed by atoms with Crippen molar-refractivity contribution in [1.29, 1.82) is 5.26 Å². The van der Waals surface area contributed by atoms with E-state index in [0.717, 1.165) is 42.6 Å². The van der Waals surface area contributed by atoms with E-state index in [-0.39, 0.29) is 12.1 Å². The molecule has 1 aliphatic carbocycles. The number of nitriles is 1. The standard InChI is InChI=1S/C21H22BrN3O/c22-18-10-14(12-23)7-8-20(18)26-21-17-6-2-1-4-15(17)11-19(21)25-9-3-5-16(24)13-25/h1-2,4,6-8,10,16,19,21H,3,5,9,11,13,24H2/t16-,19-,21-/m1/s1. The predicted octanol–water partition coefficient (Wildman–Crippen LogP) is 3.79. The molecule has 26 heavy (non-hydrogen) atoms. The second-order valence-corrected chi connectivity index (χ2v) is 8.02. The van der Waals surface area contributed by atoms with Crippen molar-refractivity contribution in [2.75, 3.05) is 13.1 Å². The van der Waals surface area contributed by atoms with Gasteiger partial charge in [-0.05, 0) is 71.1 Å². The Morgan fingerprint density at radius 1 is 1.23 bits per heavy atom. The van der Waals surface area contributed by atoms with Gasteiger partial charge in [-0.25, -0.2) is 0 Å². The average Bonchev–Trinajstić information content (AvgIpc) is 3.02. The minimum atomic E-state index is -0.0271. The molecule has 134 valence electrons. The number of halogens is 1. The SMILES string of the molecule is N#Cc1ccc(O[C@@H]2c3ccccc3C[C@H]2N2CCC[C@@H](N)C2)c(Br)c1. The first kappa shape index (κ1) is 17.5. The van der Waals surface area contributed by atoms with Crippen molar-refractivity contribution < 1.29 is 4.74 Å². The van der Waals surface area contributed by atoms with E-state index in [4.69, 9.17) is 15.7 Å². The van der Waals surface area contributed by atoms with Crippen LogP contribution in [-0.2, 0) is 6.42 Å². The number of hydrogen-bond acceptors (Lipinski definition) is 4. The molecule has 0 radical (unpaired) electrons. The fourth-order valence-corrected chi connectivity index (χ4v) is 4.62. The summed E-state index contributed by atoms with van der Waals surface area (Å²) in [6.07, 6.45) is 3.20. The van der Waals surface area contributed by atoms with Gasteiger partial charge in [0.15, 0.2) is 0 Å². The molecule has 3 atom stereocenters. The monoisotopic (exact) mass is 411 g/mol. The Bertz CT molecular complexity index is 847. The van der Waals surface area contributed by atoms with Gasteiger partial charge in [0.1, 0.15) is 11.9 Å². The largest absolute Gasteiger partial charge is 0.483 e. The molecule has 2 N–H and O–H groups in total. The van der Waals surface area contributed by atoms with Crippen molar-refractivity contribution in [2.45, 2.75) is 37.5 Å². The summed E-state index contributed by atoms with van der Waals surface area (Å²) in [6.45, 7) is 1.99. The molecule has 2 aromatic rings. The van der Waals surface area contributed by atoms with E-state index in [9.17, 15) is 0 Å². The van der Waals surface area contributed by atoms with E-state index in [1.54, 1.807) is 6.07 Å². The Kier molecular flexibility index (Phi) is 4.99. The number of fused-ring (bicyclic) bond motifs is 1. The summed E-state index contributed by atoms with van der Waals surface area (Å²) >= 11 is 3.55. The lowest BCUT2D eigenvalue weighted by atomic mass is 10.0. The van der Waals surface area contributed by atoms with Crippen molar-refractivity contribution >= 4 is 15.9 Å². The highest BCUT2D eigenvalue weighted by atomic mass is 79.9. The number of benzene rings is 2. The van der Waals surface area contributed by atoms with E-state index in [2.05, 4.69) is 51.2 Å². The molecule has 4 rings (SSSR count). The Balaban J connectivity index is 1.64. The van der Waals surface area contributed by atoms with Crippen molar-refractivity contribution in [3.8, 4) is 11.8 Å². The lowest BCUT2D eigenvalue weighted by Gasteiger charge is -2.38. The highest BCUT2D eigenvalue weighted by Gasteiger charge is 2.39. The first-order valence-electron chi connectivity index (χ1n) is 9.09. The zero-order chi connectivity index (χ0) is 18.1. The van der Waals surface area contributed by atoms with E-state index >= 15 is 0 Å². The summed E-state index contributed by atoms with van der Waals surface area (Å²) in [4.78, 5) is 2.50. The first-order valence-corrected chi connectivity index (χ1v) is 9.89. The third-order valence-electron chi connectivity index (χ3n) is 5.41. The van der Waals surface area contributed by atoms with Crippen LogP contribution in [0.1, 0.15) is 35.6 Å². The highest BCUT2D eigenvalue weighted by molar-refractivity contribution is 9.10. The Morgan fingerprint density at radius 2 is 2.08 bits per heavy atom. The summed E-state index contributed by atoms with van der Waals surface area (Å²) in [5.74, 6) is 0.775. The zero-order valence-corrected chi connectivity index (χ0v) is 16.2. The summed E-state index contributed by atoms with van der Waals surface area (Å²) in [5.41, 5.74) is 9.46. The van der Waals surface area contributed by atoms with Crippen LogP contribution in [0.4, 0.5) is 0 Å². The van der Waals surface area contributed by atoms with E-state index in [1.807, 2.05) is 12.1 Å². The molecule has 5 heteroatoms. The smallest absolute Gasteiger partial charge is 0.140 e. The van der Waals surface area contributed by atoms with Crippen molar-refractivity contribution in [2.24, 2.45) is 5.73 Å². The topological polar surface area (TPSA) is 62.3 Å². The number of piperidine rings is 1. The lowest BCUT2D eigenvalue weighted by Crippen LogP contribution is -2.49. The van der Waals surface area contributed by atoms with Crippen LogP contribution in [0.5, 0.6) is 5.75 Å². The van der Waals surface area contributed by atoms with Crippen molar-refractivity contribution in [1.82, 2.24) is 4.90 Å². The van der Waals surface area contributed by atoms with Gasteiger partial charge in [-0.3, -0.25) is 4.90 Å². The molecule has 0 unspecified atom stereocenters. The maximum Gasteiger partial charge on any atom is 0.140 e. The molecule has 0 aromatic heterocycles. The van der Waals surface area contributed by atoms with Crippen LogP contribution in [0, 0.1) is 11.3 Å². The van der Waals surface area contributed by atoms with Crippen LogP contribution in [-0.4, -0.2) is 30.1 Å². The van der Waals surface area contributed by atoms with Gasteiger partial charge in [-0.15, -0.1) is 0 Å². The number of hydrogen-bond donors (Lipinski definition) is 1. The normalized spacial score (nSPS) is 25.5. The lowest BCUT2D eigenvalue weighted by molar-refractivity contribution is 0.0589. The van der Waals surface area contributed by atoms with Gasteiger partial charge in [0.05, 0.1) is 22.1 Å². The number of nitrogens with zero attached hydrogens (tertiary/aromatic N) is 2. The average molecular weight is 412 g/mol. The molecule has 1 heterocycles. The van der Waals surface area contributed by atoms with E-state index in [0.29, 0.717) is 11.6 Å². The van der Waals surface area contributed by atoms with Crippen LogP contribution < -0.4 is 10.5 Å². The predicted molar refractivity (Wildman–Crippen MR) is 105 cm³/mol. The quantitative estimate of drug-likeness (QED) is 0.834. The molecule has 0 spiro atoms. The molecular weight excluding hydrogens is 390 g/mol. The van der Waals surface area contributed by atoms with Crippen LogP contribution in [0.15, 0.2) is 46.9 Å². The number of ether oxygens (including phenoxy) is 1. The Hall–Kier alpha value is -1.87. The van der Waals surface area contributed by atoms with Gasteiger partial charge in [-0.2, -0.15) is 5.26 Å². The van der Waals surface area contributed by atoms with Gasteiger partial charge >= 0.3 is 0 Å². The minimum absolute atomic E-state index is 0.0271. The second kappa shape index (κ2) is 7.40. The summed E-state index contributed by atoms with van der Waals surface area (Å²) in [5, 5.41) is 9.07. The number of rotatable bonds is 3. The van der Waals surface area contributed by atoms with Gasteiger partial charge in [0, 0.05) is 12.6 Å². The second-order valence-electron chi connectivity index (χ2n) is 7.16. The first-order chi connectivity index (χ1) is 12.7. The molecule has 0 bridgehead atoms. The van der Waals surface area contributed by atoms with Crippen molar-refractivity contribution in [3.63, 3.8) is 0 Å². The molecule has 1 fully saturated rings. The van der Waals surface area contributed by atoms with Gasteiger partial charge in [0.25, 0.3) is 0 Å². The molecule has 1 aliphatic heterocycles. The summed E-state index contributed by atoms with van der Waals surface area (Å²) < 4.78 is 7.31. The molecular formula is C21H22BrN3O. The fraction of sp³-hybridized carbons (Fsp3) is 0.381. The van der Waals surface area contributed by atoms with E-state index in [1.165, 1.54) is 11.1 Å². The molecule has 2 aromatic carbocycles. The van der Waals surface area contributed by atoms with E-state index < -0.39 is 0 Å². The maximum absolute atomic E-state index is 9.07. The Labute approximate surface area is 162 Å². The molecule has 4 nitrogen and oxygen atoms in total. The summed E-state index contributed by atoms with van der Waals surface area (Å²) in [6, 6.07) is 16.7. The third-order valence-corrected chi connectivity index (χ3v) is 6.03. The Morgan fingerprint density at radius 3 is 2.85 bits per heavy atom. The zero-order valence-electron chi connectivity index (χ0n) is 14.6. The molecule has 0 saturated carbocycles. The highest BCUT2D eigenvalue weighted by Crippen LogP contribution is 2.40. The van der Waals surface area contributed by atoms with Gasteiger partial charge < -0.3 is 10.5 Å². The fourth-order valence-electron chi connectivity index (χ4n) is 4.14. The molecule has 1 saturated heterocycles. The van der Waals surface area contributed by atoms with Crippen LogP contribution >= 0.6 is 15.9 Å². The maximum atomic E-state index is 9.07. The van der Waals surface area contributed by atoms with Gasteiger partial charge in [-0.1, -0.05) is 24.3 Å².